The second kappa shape index (κ2) is 6.68. The third kappa shape index (κ3) is 3.45. The van der Waals surface area contributed by atoms with E-state index in [1.165, 1.54) is 5.56 Å². The molecule has 3 nitrogen and oxygen atoms in total. The van der Waals surface area contributed by atoms with Crippen molar-refractivity contribution in [2.24, 2.45) is 0 Å². The molecule has 0 unspecified atom stereocenters. The Morgan fingerprint density at radius 3 is 2.67 bits per heavy atom. The number of phenols is 1. The van der Waals surface area contributed by atoms with Crippen LogP contribution in [0.4, 0.5) is 5.69 Å². The van der Waals surface area contributed by atoms with Crippen LogP contribution in [0.2, 0.25) is 0 Å². The summed E-state index contributed by atoms with van der Waals surface area (Å²) in [5.41, 5.74) is 3.06. The summed E-state index contributed by atoms with van der Waals surface area (Å²) in [6.45, 7) is 4.21. The maximum atomic E-state index is 12.9. The number of aryl methyl sites for hydroxylation is 2. The Labute approximate surface area is 143 Å². The highest BCUT2D eigenvalue weighted by Gasteiger charge is 2.36. The number of rotatable bonds is 4. The summed E-state index contributed by atoms with van der Waals surface area (Å²) in [4.78, 5) is 14.8. The van der Waals surface area contributed by atoms with Crippen LogP contribution in [0.5, 0.6) is 5.75 Å². The Balaban J connectivity index is 1.74. The fourth-order valence-corrected chi connectivity index (χ4v) is 3.52. The van der Waals surface area contributed by atoms with Gasteiger partial charge in [-0.1, -0.05) is 36.4 Å². The van der Waals surface area contributed by atoms with E-state index >= 15 is 0 Å². The number of hydrogen-bond acceptors (Lipinski definition) is 2. The number of anilines is 1. The topological polar surface area (TPSA) is 40.5 Å². The summed E-state index contributed by atoms with van der Waals surface area (Å²) < 4.78 is 0. The van der Waals surface area contributed by atoms with Gasteiger partial charge in [0.05, 0.1) is 5.69 Å². The first-order valence-corrected chi connectivity index (χ1v) is 8.66. The number of benzene rings is 2. The van der Waals surface area contributed by atoms with Gasteiger partial charge in [0, 0.05) is 18.0 Å². The number of fused-ring (bicyclic) bond motifs is 1. The molecule has 0 radical (unpaired) electrons. The second-order valence-corrected chi connectivity index (χ2v) is 7.19. The summed E-state index contributed by atoms with van der Waals surface area (Å²) in [6.07, 6.45) is 4.15. The fourth-order valence-electron chi connectivity index (χ4n) is 3.52. The summed E-state index contributed by atoms with van der Waals surface area (Å²) in [7, 11) is 0. The predicted molar refractivity (Wildman–Crippen MR) is 97.4 cm³/mol. The zero-order chi connectivity index (χ0) is 17.2. The summed E-state index contributed by atoms with van der Waals surface area (Å²) in [6, 6.07) is 15.6. The highest BCUT2D eigenvalue weighted by Crippen LogP contribution is 2.39. The molecule has 0 saturated heterocycles. The van der Waals surface area contributed by atoms with Crippen molar-refractivity contribution in [1.82, 2.24) is 0 Å². The molecule has 0 saturated carbocycles. The van der Waals surface area contributed by atoms with E-state index in [-0.39, 0.29) is 17.2 Å². The van der Waals surface area contributed by atoms with Crippen molar-refractivity contribution < 1.29 is 9.90 Å². The lowest BCUT2D eigenvalue weighted by molar-refractivity contribution is -0.119. The lowest BCUT2D eigenvalue weighted by atomic mass is 9.86. The first kappa shape index (κ1) is 16.6. The Hall–Kier alpha value is -2.29. The number of nitrogens with zero attached hydrogens (tertiary/aromatic N) is 1. The van der Waals surface area contributed by atoms with Crippen molar-refractivity contribution in [2.45, 2.75) is 51.5 Å². The van der Waals surface area contributed by atoms with Gasteiger partial charge in [-0.3, -0.25) is 4.79 Å². The van der Waals surface area contributed by atoms with E-state index in [0.717, 1.165) is 36.9 Å². The third-order valence-electron chi connectivity index (χ3n) is 4.87. The van der Waals surface area contributed by atoms with E-state index in [1.54, 1.807) is 12.1 Å². The van der Waals surface area contributed by atoms with Crippen molar-refractivity contribution in [3.05, 3.63) is 59.7 Å². The third-order valence-corrected chi connectivity index (χ3v) is 4.87. The fraction of sp³-hybridized carbons (Fsp3) is 0.381. The van der Waals surface area contributed by atoms with Gasteiger partial charge in [0.25, 0.3) is 0 Å². The number of hydrogen-bond donors (Lipinski definition) is 1. The highest BCUT2D eigenvalue weighted by atomic mass is 16.3. The number of carbonyl (C=O) groups excluding carboxylic acids is 1. The normalized spacial score (nSPS) is 15.8. The zero-order valence-electron chi connectivity index (χ0n) is 14.5. The van der Waals surface area contributed by atoms with Gasteiger partial charge in [-0.15, -0.1) is 0 Å². The van der Waals surface area contributed by atoms with E-state index in [9.17, 15) is 9.90 Å². The van der Waals surface area contributed by atoms with Gasteiger partial charge in [-0.05, 0) is 56.7 Å². The molecule has 1 heterocycles. The molecule has 2 aromatic rings. The van der Waals surface area contributed by atoms with Crippen LogP contribution in [0.3, 0.4) is 0 Å². The van der Waals surface area contributed by atoms with Gasteiger partial charge >= 0.3 is 0 Å². The molecule has 0 aromatic heterocycles. The van der Waals surface area contributed by atoms with Gasteiger partial charge in [-0.2, -0.15) is 0 Å². The maximum Gasteiger partial charge on any atom is 0.227 e. The van der Waals surface area contributed by atoms with E-state index in [2.05, 4.69) is 26.0 Å². The molecule has 0 fully saturated rings. The van der Waals surface area contributed by atoms with Crippen LogP contribution < -0.4 is 4.90 Å². The van der Waals surface area contributed by atoms with Gasteiger partial charge < -0.3 is 10.0 Å². The molecule has 3 rings (SSSR count). The van der Waals surface area contributed by atoms with Crippen molar-refractivity contribution >= 4 is 11.6 Å². The molecule has 1 aliphatic rings. The molecule has 1 aliphatic heterocycles. The lowest BCUT2D eigenvalue weighted by Gasteiger charge is -2.43. The molecule has 0 aliphatic carbocycles. The monoisotopic (exact) mass is 323 g/mol. The standard InChI is InChI=1S/C21H25NO2/c1-21(2)14-13-17-11-12-18(23)15-19(17)22(21)20(24)10-6-9-16-7-4-3-5-8-16/h3-5,7-8,11-12,15,23H,6,9-10,13-14H2,1-2H3. The van der Waals surface area contributed by atoms with Crippen LogP contribution >= 0.6 is 0 Å². The average molecular weight is 323 g/mol. The van der Waals surface area contributed by atoms with Crippen LogP contribution in [-0.2, 0) is 17.6 Å². The maximum absolute atomic E-state index is 12.9. The van der Waals surface area contributed by atoms with Gasteiger partial charge in [0.2, 0.25) is 5.91 Å². The molecule has 2 aromatic carbocycles. The SMILES string of the molecule is CC1(C)CCc2ccc(O)cc2N1C(=O)CCCc1ccccc1. The molecule has 126 valence electrons. The largest absolute Gasteiger partial charge is 0.508 e. The Bertz CT molecular complexity index is 722. The van der Waals surface area contributed by atoms with E-state index < -0.39 is 0 Å². The van der Waals surface area contributed by atoms with Gasteiger partial charge in [0.1, 0.15) is 5.75 Å². The van der Waals surface area contributed by atoms with E-state index in [4.69, 9.17) is 0 Å². The molecule has 24 heavy (non-hydrogen) atoms. The van der Waals surface area contributed by atoms with Crippen molar-refractivity contribution in [2.75, 3.05) is 4.90 Å². The Morgan fingerprint density at radius 2 is 1.92 bits per heavy atom. The van der Waals surface area contributed by atoms with Gasteiger partial charge in [0.15, 0.2) is 0 Å². The van der Waals surface area contributed by atoms with E-state index in [0.29, 0.717) is 6.42 Å². The van der Waals surface area contributed by atoms with Crippen molar-refractivity contribution in [3.8, 4) is 5.75 Å². The molecule has 0 atom stereocenters. The summed E-state index contributed by atoms with van der Waals surface area (Å²) in [5.74, 6) is 0.357. The minimum Gasteiger partial charge on any atom is -0.508 e. The minimum absolute atomic E-state index is 0.141. The molecular weight excluding hydrogens is 298 g/mol. The molecule has 3 heteroatoms. The van der Waals surface area contributed by atoms with Crippen LogP contribution in [0, 0.1) is 0 Å². The molecule has 0 spiro atoms. The first-order valence-electron chi connectivity index (χ1n) is 8.66. The zero-order valence-corrected chi connectivity index (χ0v) is 14.5. The molecule has 1 amide bonds. The smallest absolute Gasteiger partial charge is 0.227 e. The molecular formula is C21H25NO2. The van der Waals surface area contributed by atoms with Crippen molar-refractivity contribution in [1.29, 1.82) is 0 Å². The number of carbonyl (C=O) groups is 1. The van der Waals surface area contributed by atoms with Crippen LogP contribution in [0.25, 0.3) is 0 Å². The summed E-state index contributed by atoms with van der Waals surface area (Å²) in [5, 5.41) is 9.84. The quantitative estimate of drug-likeness (QED) is 0.901. The molecule has 1 N–H and O–H groups in total. The second-order valence-electron chi connectivity index (χ2n) is 7.19. The average Bonchev–Trinajstić information content (AvgIpc) is 2.54. The number of amides is 1. The number of aromatic hydroxyl groups is 1. The van der Waals surface area contributed by atoms with Crippen LogP contribution in [-0.4, -0.2) is 16.6 Å². The van der Waals surface area contributed by atoms with Crippen LogP contribution in [0.1, 0.15) is 44.2 Å². The first-order chi connectivity index (χ1) is 11.5. The molecule has 0 bridgehead atoms. The number of phenolic OH excluding ortho intramolecular Hbond substituents is 1. The summed E-state index contributed by atoms with van der Waals surface area (Å²) >= 11 is 0. The van der Waals surface area contributed by atoms with Crippen molar-refractivity contribution in [3.63, 3.8) is 0 Å². The predicted octanol–water partition coefficient (Wildman–Crippen LogP) is 4.47. The Kier molecular flexibility index (Phi) is 4.61. The highest BCUT2D eigenvalue weighted by molar-refractivity contribution is 5.96. The van der Waals surface area contributed by atoms with Crippen LogP contribution in [0.15, 0.2) is 48.5 Å². The lowest BCUT2D eigenvalue weighted by Crippen LogP contribution is -2.51. The Morgan fingerprint density at radius 1 is 1.17 bits per heavy atom. The van der Waals surface area contributed by atoms with Gasteiger partial charge in [-0.25, -0.2) is 0 Å². The van der Waals surface area contributed by atoms with E-state index in [1.807, 2.05) is 29.2 Å². The minimum atomic E-state index is -0.218.